The summed E-state index contributed by atoms with van der Waals surface area (Å²) in [6.45, 7) is 1.91. The molecule has 6 atom stereocenters. The Balaban J connectivity index is 1.28. The van der Waals surface area contributed by atoms with Crippen molar-refractivity contribution >= 4 is 5.97 Å². The second-order valence-electron chi connectivity index (χ2n) is 8.24. The molecule has 6 unspecified atom stereocenters. The summed E-state index contributed by atoms with van der Waals surface area (Å²) in [4.78, 5) is 12.4. The monoisotopic (exact) mass is 288 g/mol. The average Bonchev–Trinajstić information content (AvgIpc) is 2.96. The number of carbonyl (C=O) groups excluding carboxylic acids is 1. The van der Waals surface area contributed by atoms with Gasteiger partial charge in [-0.2, -0.15) is 0 Å². The van der Waals surface area contributed by atoms with Crippen LogP contribution in [0.5, 0.6) is 0 Å². The van der Waals surface area contributed by atoms with Crippen molar-refractivity contribution in [3.63, 3.8) is 0 Å². The Morgan fingerprint density at radius 1 is 1.19 bits per heavy atom. The summed E-state index contributed by atoms with van der Waals surface area (Å²) in [6, 6.07) is 0. The SMILES string of the molecule is C/C(=C\C12CC3CCC1(C3)O2)C(=O)OC1CC2CCC1C2. The molecule has 114 valence electrons. The lowest BCUT2D eigenvalue weighted by atomic mass is 9.87. The van der Waals surface area contributed by atoms with E-state index in [0.717, 1.165) is 30.3 Å². The van der Waals surface area contributed by atoms with E-state index in [1.807, 2.05) is 6.92 Å². The van der Waals surface area contributed by atoms with E-state index < -0.39 is 0 Å². The summed E-state index contributed by atoms with van der Waals surface area (Å²) in [5, 5.41) is 0. The maximum absolute atomic E-state index is 12.4. The molecule has 5 aliphatic rings. The highest BCUT2D eigenvalue weighted by molar-refractivity contribution is 5.88. The van der Waals surface area contributed by atoms with Gasteiger partial charge >= 0.3 is 5.97 Å². The molecule has 5 fully saturated rings. The summed E-state index contributed by atoms with van der Waals surface area (Å²) in [6.07, 6.45) is 12.1. The number of ether oxygens (including phenoxy) is 2. The third-order valence-corrected chi connectivity index (χ3v) is 6.98. The summed E-state index contributed by atoms with van der Waals surface area (Å²) < 4.78 is 11.9. The molecular weight excluding hydrogens is 264 g/mol. The van der Waals surface area contributed by atoms with Crippen molar-refractivity contribution in [3.8, 4) is 0 Å². The van der Waals surface area contributed by atoms with E-state index in [2.05, 4.69) is 6.08 Å². The second kappa shape index (κ2) is 3.92. The fourth-order valence-electron chi connectivity index (χ4n) is 5.93. The van der Waals surface area contributed by atoms with Gasteiger partial charge in [0.1, 0.15) is 17.3 Å². The maximum atomic E-state index is 12.4. The van der Waals surface area contributed by atoms with Crippen LogP contribution in [0.15, 0.2) is 11.6 Å². The predicted octanol–water partition coefficient (Wildman–Crippen LogP) is 3.38. The van der Waals surface area contributed by atoms with Crippen molar-refractivity contribution in [2.75, 3.05) is 0 Å². The topological polar surface area (TPSA) is 38.8 Å². The Morgan fingerprint density at radius 3 is 2.71 bits per heavy atom. The molecule has 0 aromatic rings. The predicted molar refractivity (Wildman–Crippen MR) is 77.6 cm³/mol. The highest BCUT2D eigenvalue weighted by Gasteiger charge is 2.76. The average molecular weight is 288 g/mol. The van der Waals surface area contributed by atoms with E-state index in [-0.39, 0.29) is 23.3 Å². The highest BCUT2D eigenvalue weighted by atomic mass is 16.6. The minimum atomic E-state index is -0.103. The van der Waals surface area contributed by atoms with Gasteiger partial charge in [0.15, 0.2) is 0 Å². The van der Waals surface area contributed by atoms with Crippen molar-refractivity contribution < 1.29 is 14.3 Å². The van der Waals surface area contributed by atoms with Crippen molar-refractivity contribution in [3.05, 3.63) is 11.6 Å². The van der Waals surface area contributed by atoms with Gasteiger partial charge in [-0.1, -0.05) is 0 Å². The van der Waals surface area contributed by atoms with Crippen molar-refractivity contribution in [1.82, 2.24) is 0 Å². The van der Waals surface area contributed by atoms with E-state index in [9.17, 15) is 4.79 Å². The molecule has 0 aromatic heterocycles. The summed E-state index contributed by atoms with van der Waals surface area (Å²) in [5.41, 5.74) is 0.765. The lowest BCUT2D eigenvalue weighted by Gasteiger charge is -2.22. The smallest absolute Gasteiger partial charge is 0.333 e. The Bertz CT molecular complexity index is 539. The molecule has 4 bridgehead atoms. The van der Waals surface area contributed by atoms with Gasteiger partial charge in [0.2, 0.25) is 0 Å². The van der Waals surface area contributed by atoms with Crippen LogP contribution in [0.25, 0.3) is 0 Å². The molecule has 0 amide bonds. The molecule has 21 heavy (non-hydrogen) atoms. The number of esters is 1. The van der Waals surface area contributed by atoms with Crippen LogP contribution < -0.4 is 0 Å². The van der Waals surface area contributed by atoms with Crippen molar-refractivity contribution in [2.45, 2.75) is 75.6 Å². The van der Waals surface area contributed by atoms with E-state index >= 15 is 0 Å². The third-order valence-electron chi connectivity index (χ3n) is 6.98. The third kappa shape index (κ3) is 1.67. The molecule has 5 rings (SSSR count). The van der Waals surface area contributed by atoms with E-state index in [1.165, 1.54) is 38.5 Å². The van der Waals surface area contributed by atoms with Gasteiger partial charge in [-0.3, -0.25) is 0 Å². The minimum absolute atomic E-state index is 0.102. The zero-order valence-electron chi connectivity index (χ0n) is 12.8. The second-order valence-corrected chi connectivity index (χ2v) is 8.24. The van der Waals surface area contributed by atoms with Gasteiger partial charge in [-0.15, -0.1) is 0 Å². The summed E-state index contributed by atoms with van der Waals surface area (Å²) in [5.74, 6) is 2.17. The fraction of sp³-hybridized carbons (Fsp3) is 0.833. The van der Waals surface area contributed by atoms with Gasteiger partial charge in [-0.25, -0.2) is 4.79 Å². The van der Waals surface area contributed by atoms with Gasteiger partial charge in [0, 0.05) is 5.57 Å². The number of hydrogen-bond donors (Lipinski definition) is 0. The molecule has 3 heteroatoms. The number of hydrogen-bond acceptors (Lipinski definition) is 3. The fourth-order valence-corrected chi connectivity index (χ4v) is 5.93. The molecule has 0 radical (unpaired) electrons. The van der Waals surface area contributed by atoms with Gasteiger partial charge in [-0.05, 0) is 82.1 Å². The zero-order chi connectivity index (χ0) is 14.2. The number of carbonyl (C=O) groups is 1. The Morgan fingerprint density at radius 2 is 2.10 bits per heavy atom. The van der Waals surface area contributed by atoms with E-state index in [1.54, 1.807) is 0 Å². The first-order chi connectivity index (χ1) is 10.1. The highest BCUT2D eigenvalue weighted by Crippen LogP contribution is 2.70. The largest absolute Gasteiger partial charge is 0.459 e. The molecule has 0 aromatic carbocycles. The lowest BCUT2D eigenvalue weighted by molar-refractivity contribution is -0.146. The van der Waals surface area contributed by atoms with Crippen LogP contribution in [-0.2, 0) is 14.3 Å². The first-order valence-corrected chi connectivity index (χ1v) is 8.70. The number of epoxide rings is 1. The van der Waals surface area contributed by atoms with E-state index in [0.29, 0.717) is 5.92 Å². The maximum Gasteiger partial charge on any atom is 0.333 e. The first-order valence-electron chi connectivity index (χ1n) is 8.70. The number of fused-ring (bicyclic) bond motifs is 3. The molecule has 0 N–H and O–H groups in total. The molecule has 3 nitrogen and oxygen atoms in total. The zero-order valence-corrected chi connectivity index (χ0v) is 12.8. The van der Waals surface area contributed by atoms with Gasteiger partial charge < -0.3 is 9.47 Å². The van der Waals surface area contributed by atoms with Crippen LogP contribution in [0.1, 0.15) is 58.3 Å². The van der Waals surface area contributed by atoms with Crippen molar-refractivity contribution in [1.29, 1.82) is 0 Å². The standard InChI is InChI=1S/C18H24O3/c1-11(8-18-10-13-4-5-17(18,9-13)21-18)16(19)20-15-7-12-2-3-14(15)6-12/h8,12-15H,2-7,9-10H2,1H3/b11-8+. The normalized spacial score (nSPS) is 53.1. The van der Waals surface area contributed by atoms with Crippen LogP contribution in [0.3, 0.4) is 0 Å². The molecule has 1 saturated heterocycles. The number of rotatable bonds is 3. The van der Waals surface area contributed by atoms with Crippen LogP contribution in [0.4, 0.5) is 0 Å². The quantitative estimate of drug-likeness (QED) is 0.454. The van der Waals surface area contributed by atoms with Crippen LogP contribution in [-0.4, -0.2) is 23.3 Å². The van der Waals surface area contributed by atoms with Crippen molar-refractivity contribution in [2.24, 2.45) is 17.8 Å². The summed E-state index contributed by atoms with van der Waals surface area (Å²) >= 11 is 0. The van der Waals surface area contributed by atoms with Crippen LogP contribution in [0.2, 0.25) is 0 Å². The van der Waals surface area contributed by atoms with Gasteiger partial charge in [0.05, 0.1) is 0 Å². The molecule has 1 aliphatic heterocycles. The molecule has 1 spiro atoms. The van der Waals surface area contributed by atoms with Crippen LogP contribution in [0, 0.1) is 17.8 Å². The van der Waals surface area contributed by atoms with E-state index in [4.69, 9.17) is 9.47 Å². The minimum Gasteiger partial charge on any atom is -0.459 e. The Hall–Kier alpha value is -0.830. The Labute approximate surface area is 126 Å². The van der Waals surface area contributed by atoms with Crippen LogP contribution >= 0.6 is 0 Å². The van der Waals surface area contributed by atoms with Gasteiger partial charge in [0.25, 0.3) is 0 Å². The lowest BCUT2D eigenvalue weighted by Crippen LogP contribution is -2.26. The molecule has 1 heterocycles. The molecule has 4 saturated carbocycles. The molecular formula is C18H24O3. The molecule has 4 aliphatic carbocycles. The Kier molecular flexibility index (Phi) is 2.37. The first kappa shape index (κ1) is 12.7. The summed E-state index contributed by atoms with van der Waals surface area (Å²) in [7, 11) is 0.